The molecule has 1 aliphatic rings. The number of rotatable bonds is 5. The van der Waals surface area contributed by atoms with Crippen molar-refractivity contribution in [3.8, 4) is 17.2 Å². The summed E-state index contributed by atoms with van der Waals surface area (Å²) in [6, 6.07) is 1.81. The summed E-state index contributed by atoms with van der Waals surface area (Å²) in [7, 11) is 4.41. The summed E-state index contributed by atoms with van der Waals surface area (Å²) in [4.78, 5) is 0. The second-order valence-corrected chi connectivity index (χ2v) is 5.03. The van der Waals surface area contributed by atoms with E-state index in [-0.39, 0.29) is 11.5 Å². The second-order valence-electron chi connectivity index (χ2n) is 5.03. The molecule has 1 heterocycles. The standard InChI is InChI=1S/C15H22FNO3/c1-18-12-8-11(7-10-5-4-6-17-9-10)14(19-2)13(16)15(12)20-3/h8,10,17H,4-7,9H2,1-3H3. The van der Waals surface area contributed by atoms with Crippen LogP contribution < -0.4 is 19.5 Å². The van der Waals surface area contributed by atoms with Crippen molar-refractivity contribution in [3.63, 3.8) is 0 Å². The first-order chi connectivity index (χ1) is 9.71. The van der Waals surface area contributed by atoms with Crippen LogP contribution in [0.3, 0.4) is 0 Å². The van der Waals surface area contributed by atoms with Crippen molar-refractivity contribution in [2.24, 2.45) is 5.92 Å². The molecule has 5 heteroatoms. The maximum atomic E-state index is 14.4. The molecule has 0 bridgehead atoms. The molecule has 1 N–H and O–H groups in total. The number of halogens is 1. The molecule has 0 radical (unpaired) electrons. The van der Waals surface area contributed by atoms with Crippen LogP contribution in [0.2, 0.25) is 0 Å². The summed E-state index contributed by atoms with van der Waals surface area (Å²) < 4.78 is 29.9. The number of piperidine rings is 1. The van der Waals surface area contributed by atoms with Crippen LogP contribution in [0.15, 0.2) is 6.07 Å². The van der Waals surface area contributed by atoms with E-state index in [1.54, 1.807) is 0 Å². The van der Waals surface area contributed by atoms with Gasteiger partial charge in [0.1, 0.15) is 0 Å². The number of methoxy groups -OCH3 is 3. The summed E-state index contributed by atoms with van der Waals surface area (Å²) in [5, 5.41) is 3.37. The van der Waals surface area contributed by atoms with Crippen molar-refractivity contribution in [1.82, 2.24) is 5.32 Å². The predicted molar refractivity (Wildman–Crippen MR) is 75.4 cm³/mol. The maximum Gasteiger partial charge on any atom is 0.210 e. The van der Waals surface area contributed by atoms with Gasteiger partial charge in [-0.15, -0.1) is 0 Å². The molecule has 2 rings (SSSR count). The maximum absolute atomic E-state index is 14.4. The van der Waals surface area contributed by atoms with Gasteiger partial charge in [-0.3, -0.25) is 0 Å². The van der Waals surface area contributed by atoms with Crippen LogP contribution in [-0.2, 0) is 6.42 Å². The molecule has 0 saturated carbocycles. The zero-order valence-electron chi connectivity index (χ0n) is 12.3. The summed E-state index contributed by atoms with van der Waals surface area (Å²) in [6.07, 6.45) is 3.07. The fourth-order valence-electron chi connectivity index (χ4n) is 2.76. The molecule has 20 heavy (non-hydrogen) atoms. The van der Waals surface area contributed by atoms with E-state index in [0.29, 0.717) is 11.7 Å². The Hall–Kier alpha value is -1.49. The summed E-state index contributed by atoms with van der Waals surface area (Å²) in [5.74, 6) is 0.760. The van der Waals surface area contributed by atoms with Gasteiger partial charge in [0, 0.05) is 5.56 Å². The molecule has 1 fully saturated rings. The Morgan fingerprint density at radius 2 is 1.95 bits per heavy atom. The largest absolute Gasteiger partial charge is 0.493 e. The average molecular weight is 283 g/mol. The summed E-state index contributed by atoms with van der Waals surface area (Å²) in [6.45, 7) is 2.02. The molecule has 4 nitrogen and oxygen atoms in total. The van der Waals surface area contributed by atoms with E-state index < -0.39 is 5.82 Å². The van der Waals surface area contributed by atoms with Crippen LogP contribution in [0.4, 0.5) is 4.39 Å². The van der Waals surface area contributed by atoms with Crippen LogP contribution >= 0.6 is 0 Å². The third kappa shape index (κ3) is 2.98. The van der Waals surface area contributed by atoms with Crippen LogP contribution in [0.25, 0.3) is 0 Å². The Kier molecular flexibility index (Phi) is 5.06. The van der Waals surface area contributed by atoms with E-state index in [0.717, 1.165) is 37.9 Å². The molecular formula is C15H22FNO3. The van der Waals surface area contributed by atoms with Crippen molar-refractivity contribution in [1.29, 1.82) is 0 Å². The fraction of sp³-hybridized carbons (Fsp3) is 0.600. The lowest BCUT2D eigenvalue weighted by Gasteiger charge is -2.24. The van der Waals surface area contributed by atoms with Gasteiger partial charge in [0.25, 0.3) is 0 Å². The number of benzene rings is 1. The van der Waals surface area contributed by atoms with Crippen LogP contribution in [-0.4, -0.2) is 34.4 Å². The minimum Gasteiger partial charge on any atom is -0.493 e. The van der Waals surface area contributed by atoms with Crippen molar-refractivity contribution in [3.05, 3.63) is 17.4 Å². The monoisotopic (exact) mass is 283 g/mol. The number of hydrogen-bond donors (Lipinski definition) is 1. The molecule has 1 aromatic rings. The summed E-state index contributed by atoms with van der Waals surface area (Å²) >= 11 is 0. The van der Waals surface area contributed by atoms with Crippen LogP contribution in [0.5, 0.6) is 17.2 Å². The van der Waals surface area contributed by atoms with Crippen molar-refractivity contribution < 1.29 is 18.6 Å². The molecule has 1 aromatic carbocycles. The second kappa shape index (κ2) is 6.79. The van der Waals surface area contributed by atoms with Gasteiger partial charge in [-0.2, -0.15) is 4.39 Å². The van der Waals surface area contributed by atoms with Gasteiger partial charge in [0.2, 0.25) is 11.6 Å². The molecule has 0 amide bonds. The highest BCUT2D eigenvalue weighted by Gasteiger charge is 2.23. The lowest BCUT2D eigenvalue weighted by molar-refractivity contribution is 0.314. The van der Waals surface area contributed by atoms with Gasteiger partial charge in [-0.05, 0) is 44.3 Å². The van der Waals surface area contributed by atoms with Gasteiger partial charge in [-0.25, -0.2) is 0 Å². The molecule has 112 valence electrons. The third-order valence-electron chi connectivity index (χ3n) is 3.76. The Balaban J connectivity index is 2.32. The highest BCUT2D eigenvalue weighted by atomic mass is 19.1. The molecule has 0 aromatic heterocycles. The number of ether oxygens (including phenoxy) is 3. The molecule has 0 spiro atoms. The fourth-order valence-corrected chi connectivity index (χ4v) is 2.76. The van der Waals surface area contributed by atoms with Crippen molar-refractivity contribution >= 4 is 0 Å². The van der Waals surface area contributed by atoms with Gasteiger partial charge < -0.3 is 19.5 Å². The van der Waals surface area contributed by atoms with Crippen LogP contribution in [0.1, 0.15) is 18.4 Å². The lowest BCUT2D eigenvalue weighted by atomic mass is 9.91. The predicted octanol–water partition coefficient (Wildman–Crippen LogP) is 2.39. The Morgan fingerprint density at radius 1 is 1.20 bits per heavy atom. The average Bonchev–Trinajstić information content (AvgIpc) is 2.48. The van der Waals surface area contributed by atoms with E-state index in [2.05, 4.69) is 5.32 Å². The number of hydrogen-bond acceptors (Lipinski definition) is 4. The van der Waals surface area contributed by atoms with E-state index in [1.807, 2.05) is 6.07 Å². The first kappa shape index (κ1) is 14.9. The van der Waals surface area contributed by atoms with Gasteiger partial charge in [0.05, 0.1) is 21.3 Å². The van der Waals surface area contributed by atoms with E-state index >= 15 is 0 Å². The van der Waals surface area contributed by atoms with E-state index in [9.17, 15) is 4.39 Å². The first-order valence-electron chi connectivity index (χ1n) is 6.89. The van der Waals surface area contributed by atoms with Gasteiger partial charge in [-0.1, -0.05) is 0 Å². The molecule has 0 aliphatic carbocycles. The first-order valence-corrected chi connectivity index (χ1v) is 6.89. The lowest BCUT2D eigenvalue weighted by Crippen LogP contribution is -2.31. The van der Waals surface area contributed by atoms with Crippen molar-refractivity contribution in [2.75, 3.05) is 34.4 Å². The normalized spacial score (nSPS) is 18.7. The highest BCUT2D eigenvalue weighted by Crippen LogP contribution is 2.40. The molecule has 1 aliphatic heterocycles. The quantitative estimate of drug-likeness (QED) is 0.900. The third-order valence-corrected chi connectivity index (χ3v) is 3.76. The topological polar surface area (TPSA) is 39.7 Å². The smallest absolute Gasteiger partial charge is 0.210 e. The Bertz CT molecular complexity index is 459. The van der Waals surface area contributed by atoms with Crippen molar-refractivity contribution in [2.45, 2.75) is 19.3 Å². The van der Waals surface area contributed by atoms with Gasteiger partial charge >= 0.3 is 0 Å². The Morgan fingerprint density at radius 3 is 2.50 bits per heavy atom. The Labute approximate surface area is 119 Å². The van der Waals surface area contributed by atoms with E-state index in [4.69, 9.17) is 14.2 Å². The number of nitrogens with one attached hydrogen (secondary N) is 1. The van der Waals surface area contributed by atoms with Gasteiger partial charge in [0.15, 0.2) is 11.5 Å². The highest BCUT2D eigenvalue weighted by molar-refractivity contribution is 5.52. The minimum absolute atomic E-state index is 0.0925. The molecule has 1 atom stereocenters. The van der Waals surface area contributed by atoms with E-state index in [1.165, 1.54) is 21.3 Å². The SMILES string of the molecule is COc1cc(CC2CCCNC2)c(OC)c(F)c1OC. The summed E-state index contributed by atoms with van der Waals surface area (Å²) in [5.41, 5.74) is 0.830. The minimum atomic E-state index is -0.492. The zero-order valence-corrected chi connectivity index (χ0v) is 12.3. The zero-order chi connectivity index (χ0) is 14.5. The molecular weight excluding hydrogens is 261 g/mol. The molecule has 1 saturated heterocycles. The molecule has 1 unspecified atom stereocenters. The van der Waals surface area contributed by atoms with Crippen LogP contribution in [0, 0.1) is 11.7 Å².